The van der Waals surface area contributed by atoms with E-state index in [1.165, 1.54) is 0 Å². The minimum atomic E-state index is -0.443. The molecule has 0 saturated carbocycles. The summed E-state index contributed by atoms with van der Waals surface area (Å²) in [6.07, 6.45) is 2.79. The first-order valence-electron chi connectivity index (χ1n) is 6.68. The van der Waals surface area contributed by atoms with Gasteiger partial charge in [0.25, 0.3) is 0 Å². The van der Waals surface area contributed by atoms with Crippen LogP contribution in [0.2, 0.25) is 6.32 Å². The van der Waals surface area contributed by atoms with Gasteiger partial charge in [-0.25, -0.2) is 4.79 Å². The van der Waals surface area contributed by atoms with Gasteiger partial charge in [0.1, 0.15) is 5.75 Å². The zero-order chi connectivity index (χ0) is 13.2. The van der Waals surface area contributed by atoms with Crippen LogP contribution in [0.3, 0.4) is 0 Å². The average molecular weight is 254 g/mol. The van der Waals surface area contributed by atoms with Gasteiger partial charge in [0.05, 0.1) is 5.56 Å². The van der Waals surface area contributed by atoms with E-state index in [1.807, 2.05) is 36.4 Å². The van der Waals surface area contributed by atoms with Crippen molar-refractivity contribution in [2.24, 2.45) is 0 Å². The van der Waals surface area contributed by atoms with E-state index in [0.29, 0.717) is 11.3 Å². The van der Waals surface area contributed by atoms with Crippen molar-refractivity contribution in [2.45, 2.75) is 26.1 Å². The summed E-state index contributed by atoms with van der Waals surface area (Å²) in [6.45, 7) is 2.10. The summed E-state index contributed by atoms with van der Waals surface area (Å²) in [7, 11) is -0.443. The quantitative estimate of drug-likeness (QED) is 0.784. The minimum Gasteiger partial charge on any atom is -0.525 e. The van der Waals surface area contributed by atoms with Gasteiger partial charge in [-0.3, -0.25) is 0 Å². The molecule has 0 saturated heterocycles. The van der Waals surface area contributed by atoms with Gasteiger partial charge < -0.3 is 9.31 Å². The molecule has 0 N–H and O–H groups in total. The summed E-state index contributed by atoms with van der Waals surface area (Å²) in [5.74, 6) is 0.351. The highest BCUT2D eigenvalue weighted by atomic mass is 16.6. The van der Waals surface area contributed by atoms with E-state index >= 15 is 0 Å². The van der Waals surface area contributed by atoms with Crippen LogP contribution in [-0.2, 0) is 4.65 Å². The predicted molar refractivity (Wildman–Crippen MR) is 75.5 cm³/mol. The third-order valence-electron chi connectivity index (χ3n) is 3.36. The number of carbonyl (C=O) groups is 1. The smallest absolute Gasteiger partial charge is 0.525 e. The van der Waals surface area contributed by atoms with E-state index in [9.17, 15) is 4.79 Å². The first-order valence-corrected chi connectivity index (χ1v) is 6.68. The molecule has 0 aliphatic carbocycles. The van der Waals surface area contributed by atoms with Gasteiger partial charge in [-0.15, -0.1) is 0 Å². The van der Waals surface area contributed by atoms with E-state index in [4.69, 9.17) is 9.31 Å². The normalized spacial score (nSPS) is 13.9. The van der Waals surface area contributed by atoms with Crippen LogP contribution in [-0.4, -0.2) is 13.1 Å². The van der Waals surface area contributed by atoms with Crippen LogP contribution in [0.1, 0.15) is 30.1 Å². The zero-order valence-corrected chi connectivity index (χ0v) is 10.9. The minimum absolute atomic E-state index is 0.284. The lowest BCUT2D eigenvalue weighted by molar-refractivity contribution is 0.0678. The van der Waals surface area contributed by atoms with E-state index in [1.54, 1.807) is 0 Å². The van der Waals surface area contributed by atoms with Crippen molar-refractivity contribution in [2.75, 3.05) is 0 Å². The van der Waals surface area contributed by atoms with Crippen LogP contribution in [0.4, 0.5) is 0 Å². The first-order chi connectivity index (χ1) is 9.28. The molecule has 2 aromatic carbocycles. The third-order valence-corrected chi connectivity index (χ3v) is 3.36. The number of fused-ring (bicyclic) bond motifs is 2. The van der Waals surface area contributed by atoms with E-state index < -0.39 is 7.12 Å². The molecule has 2 aromatic rings. The Kier molecular flexibility index (Phi) is 3.16. The highest BCUT2D eigenvalue weighted by Gasteiger charge is 2.33. The fraction of sp³-hybridized carbons (Fsp3) is 0.267. The van der Waals surface area contributed by atoms with Gasteiger partial charge >= 0.3 is 13.1 Å². The molecule has 0 radical (unpaired) electrons. The Hall–Kier alpha value is -1.97. The maximum Gasteiger partial charge on any atom is 0.596 e. The molecule has 1 heterocycles. The van der Waals surface area contributed by atoms with Crippen LogP contribution >= 0.6 is 0 Å². The fourth-order valence-corrected chi connectivity index (χ4v) is 2.31. The van der Waals surface area contributed by atoms with E-state index in [-0.39, 0.29) is 5.97 Å². The van der Waals surface area contributed by atoms with E-state index in [0.717, 1.165) is 29.9 Å². The average Bonchev–Trinajstić information content (AvgIpc) is 2.43. The Morgan fingerprint density at radius 3 is 2.58 bits per heavy atom. The molecule has 1 aliphatic heterocycles. The molecular weight excluding hydrogens is 239 g/mol. The number of unbranched alkanes of at least 4 members (excludes halogenated alkanes) is 1. The Morgan fingerprint density at radius 2 is 1.84 bits per heavy atom. The monoisotopic (exact) mass is 254 g/mol. The molecule has 0 unspecified atom stereocenters. The summed E-state index contributed by atoms with van der Waals surface area (Å²) in [5.41, 5.74) is 0.520. The molecule has 0 spiro atoms. The lowest BCUT2D eigenvalue weighted by Crippen LogP contribution is -2.34. The number of hydrogen-bond acceptors (Lipinski definition) is 3. The van der Waals surface area contributed by atoms with Crippen LogP contribution in [0.15, 0.2) is 36.4 Å². The summed E-state index contributed by atoms with van der Waals surface area (Å²) in [5, 5.41) is 2.10. The van der Waals surface area contributed by atoms with Gasteiger partial charge in [-0.05, 0) is 22.9 Å². The second kappa shape index (κ2) is 4.96. The fourth-order valence-electron chi connectivity index (χ4n) is 2.31. The molecule has 96 valence electrons. The van der Waals surface area contributed by atoms with Crippen molar-refractivity contribution in [3.63, 3.8) is 0 Å². The summed E-state index contributed by atoms with van der Waals surface area (Å²) in [6, 6.07) is 11.7. The highest BCUT2D eigenvalue weighted by Crippen LogP contribution is 2.31. The molecule has 0 amide bonds. The molecular formula is C15H15BO3. The van der Waals surface area contributed by atoms with Crippen LogP contribution in [0.5, 0.6) is 5.75 Å². The van der Waals surface area contributed by atoms with Crippen molar-refractivity contribution in [3.05, 3.63) is 42.0 Å². The molecule has 0 bridgehead atoms. The maximum absolute atomic E-state index is 12.0. The molecule has 19 heavy (non-hydrogen) atoms. The summed E-state index contributed by atoms with van der Waals surface area (Å²) in [4.78, 5) is 12.0. The summed E-state index contributed by atoms with van der Waals surface area (Å²) >= 11 is 0. The van der Waals surface area contributed by atoms with Crippen molar-refractivity contribution in [1.29, 1.82) is 0 Å². The van der Waals surface area contributed by atoms with Gasteiger partial charge in [0, 0.05) is 6.32 Å². The van der Waals surface area contributed by atoms with Crippen molar-refractivity contribution in [3.8, 4) is 5.75 Å². The second-order valence-electron chi connectivity index (χ2n) is 4.79. The largest absolute Gasteiger partial charge is 0.596 e. The van der Waals surface area contributed by atoms with Gasteiger partial charge in [0.15, 0.2) is 0 Å². The number of rotatable bonds is 3. The molecule has 3 nitrogen and oxygen atoms in total. The Morgan fingerprint density at radius 1 is 1.11 bits per heavy atom. The van der Waals surface area contributed by atoms with Crippen molar-refractivity contribution >= 4 is 23.9 Å². The highest BCUT2D eigenvalue weighted by molar-refractivity contribution is 6.49. The Labute approximate surface area is 112 Å². The lowest BCUT2D eigenvalue weighted by Gasteiger charge is -2.23. The topological polar surface area (TPSA) is 35.5 Å². The number of hydrogen-bond donors (Lipinski definition) is 0. The predicted octanol–water partition coefficient (Wildman–Crippen LogP) is 3.68. The lowest BCUT2D eigenvalue weighted by atomic mass is 9.80. The van der Waals surface area contributed by atoms with Gasteiger partial charge in [-0.1, -0.05) is 44.0 Å². The molecule has 0 fully saturated rings. The van der Waals surface area contributed by atoms with Crippen LogP contribution < -0.4 is 4.65 Å². The standard InChI is InChI=1S/C15H15BO3/c1-2-3-8-16-18-14-10-12-7-5-4-6-11(12)9-13(14)15(17)19-16/h4-7,9-10H,2-3,8H2,1H3. The third kappa shape index (κ3) is 2.30. The Bertz CT molecular complexity index is 624. The molecule has 0 aromatic heterocycles. The van der Waals surface area contributed by atoms with Gasteiger partial charge in [0.2, 0.25) is 0 Å². The number of carbonyl (C=O) groups excluding carboxylic acids is 1. The van der Waals surface area contributed by atoms with Crippen molar-refractivity contribution in [1.82, 2.24) is 0 Å². The van der Waals surface area contributed by atoms with Crippen LogP contribution in [0.25, 0.3) is 10.8 Å². The second-order valence-corrected chi connectivity index (χ2v) is 4.79. The molecule has 0 atom stereocenters. The molecule has 3 rings (SSSR count). The maximum atomic E-state index is 12.0. The van der Waals surface area contributed by atoms with Gasteiger partial charge in [-0.2, -0.15) is 0 Å². The molecule has 1 aliphatic rings. The molecule has 4 heteroatoms. The zero-order valence-electron chi connectivity index (χ0n) is 10.9. The SMILES string of the molecule is CCCCB1OC(=O)c2cc3ccccc3cc2O1. The number of benzene rings is 2. The first kappa shape index (κ1) is 12.1. The Balaban J connectivity index is 1.97. The van der Waals surface area contributed by atoms with Crippen LogP contribution in [0, 0.1) is 0 Å². The van der Waals surface area contributed by atoms with Crippen molar-refractivity contribution < 1.29 is 14.1 Å². The summed E-state index contributed by atoms with van der Waals surface area (Å²) < 4.78 is 11.1. The van der Waals surface area contributed by atoms with E-state index in [2.05, 4.69) is 6.92 Å².